The predicted molar refractivity (Wildman–Crippen MR) is 135 cm³/mol. The van der Waals surface area contributed by atoms with Crippen LogP contribution in [0.2, 0.25) is 0 Å². The van der Waals surface area contributed by atoms with Gasteiger partial charge in [-0.05, 0) is 80.6 Å². The van der Waals surface area contributed by atoms with E-state index in [2.05, 4.69) is 30.1 Å². The topological polar surface area (TPSA) is 78.9 Å². The molecule has 1 amide bonds. The van der Waals surface area contributed by atoms with E-state index >= 15 is 0 Å². The van der Waals surface area contributed by atoms with Crippen LogP contribution in [-0.4, -0.2) is 54.7 Å². The lowest BCUT2D eigenvalue weighted by Gasteiger charge is -2.45. The number of amides is 1. The van der Waals surface area contributed by atoms with Gasteiger partial charge in [-0.3, -0.25) is 9.59 Å². The van der Waals surface area contributed by atoms with Crippen molar-refractivity contribution < 1.29 is 19.4 Å². The van der Waals surface area contributed by atoms with E-state index in [-0.39, 0.29) is 29.6 Å². The molecule has 2 N–H and O–H groups in total. The highest BCUT2D eigenvalue weighted by Gasteiger charge is 2.38. The minimum absolute atomic E-state index is 0.0113. The summed E-state index contributed by atoms with van der Waals surface area (Å²) in [5, 5.41) is 13.0. The van der Waals surface area contributed by atoms with Gasteiger partial charge in [0.1, 0.15) is 5.75 Å². The molecule has 2 fully saturated rings. The molecule has 0 bridgehead atoms. The van der Waals surface area contributed by atoms with Crippen molar-refractivity contribution in [3.63, 3.8) is 0 Å². The van der Waals surface area contributed by atoms with Crippen LogP contribution in [0, 0.1) is 17.8 Å². The van der Waals surface area contributed by atoms with E-state index in [0.717, 1.165) is 45.3 Å². The molecule has 2 aliphatic rings. The Balaban J connectivity index is 1.56. The van der Waals surface area contributed by atoms with Crippen molar-refractivity contribution in [2.45, 2.75) is 77.6 Å². The molecule has 3 atom stereocenters. The zero-order valence-corrected chi connectivity index (χ0v) is 21.4. The Morgan fingerprint density at radius 3 is 2.71 bits per heavy atom. The lowest BCUT2D eigenvalue weighted by Crippen LogP contribution is -2.48. The Morgan fingerprint density at radius 2 is 2.03 bits per heavy atom. The third-order valence-electron chi connectivity index (χ3n) is 8.32. The number of piperidine rings is 1. The summed E-state index contributed by atoms with van der Waals surface area (Å²) < 4.78 is 4.98. The average Bonchev–Trinajstić information content (AvgIpc) is 2.82. The molecule has 1 aromatic carbocycles. The lowest BCUT2D eigenvalue weighted by atomic mass is 9.68. The number of likely N-dealkylation sites (tertiary alicyclic amines) is 1. The molecular weight excluding hydrogens is 428 g/mol. The molecule has 1 heterocycles. The minimum Gasteiger partial charge on any atom is -0.508 e. The molecule has 6 heteroatoms. The van der Waals surface area contributed by atoms with Crippen molar-refractivity contribution in [1.82, 2.24) is 10.2 Å². The molecule has 1 aliphatic heterocycles. The third-order valence-corrected chi connectivity index (χ3v) is 8.32. The van der Waals surface area contributed by atoms with Crippen LogP contribution < -0.4 is 5.32 Å². The summed E-state index contributed by atoms with van der Waals surface area (Å²) in [6.45, 7) is 10.0. The largest absolute Gasteiger partial charge is 0.508 e. The van der Waals surface area contributed by atoms with Gasteiger partial charge in [0.25, 0.3) is 0 Å². The first-order valence-electron chi connectivity index (χ1n) is 13.3. The summed E-state index contributed by atoms with van der Waals surface area (Å²) in [5.74, 6) is 1.08. The first-order chi connectivity index (χ1) is 16.3. The molecule has 1 aliphatic carbocycles. The van der Waals surface area contributed by atoms with E-state index in [0.29, 0.717) is 30.7 Å². The molecule has 3 unspecified atom stereocenters. The average molecular weight is 473 g/mol. The van der Waals surface area contributed by atoms with Crippen LogP contribution in [-0.2, 0) is 19.7 Å². The SMILES string of the molecule is CCOC(=O)CCNC(=O)C(CCN1CCC(C)(c2cccc(O)c2)C(C)C1)C1CCCCC1. The van der Waals surface area contributed by atoms with Gasteiger partial charge >= 0.3 is 5.97 Å². The molecule has 1 saturated carbocycles. The minimum atomic E-state index is -0.255. The third kappa shape index (κ3) is 6.97. The number of phenols is 1. The lowest BCUT2D eigenvalue weighted by molar-refractivity contribution is -0.143. The van der Waals surface area contributed by atoms with E-state index in [1.54, 1.807) is 13.0 Å². The summed E-state index contributed by atoms with van der Waals surface area (Å²) in [5.41, 5.74) is 1.25. The van der Waals surface area contributed by atoms with Crippen LogP contribution in [0.1, 0.15) is 77.7 Å². The fourth-order valence-corrected chi connectivity index (χ4v) is 5.90. The number of carbonyl (C=O) groups excluding carboxylic acids is 2. The highest BCUT2D eigenvalue weighted by atomic mass is 16.5. The maximum Gasteiger partial charge on any atom is 0.307 e. The van der Waals surface area contributed by atoms with Gasteiger partial charge in [-0.25, -0.2) is 0 Å². The molecular formula is C28H44N2O4. The quantitative estimate of drug-likeness (QED) is 0.485. The fraction of sp³-hybridized carbons (Fsp3) is 0.714. The number of nitrogens with one attached hydrogen (secondary N) is 1. The second-order valence-corrected chi connectivity index (χ2v) is 10.6. The number of benzene rings is 1. The molecule has 0 aromatic heterocycles. The summed E-state index contributed by atoms with van der Waals surface area (Å²) >= 11 is 0. The number of hydrogen-bond acceptors (Lipinski definition) is 5. The molecule has 1 saturated heterocycles. The van der Waals surface area contributed by atoms with Crippen molar-refractivity contribution >= 4 is 11.9 Å². The van der Waals surface area contributed by atoms with Gasteiger partial charge in [-0.15, -0.1) is 0 Å². The summed E-state index contributed by atoms with van der Waals surface area (Å²) in [6.07, 6.45) is 8.08. The zero-order chi connectivity index (χ0) is 24.6. The van der Waals surface area contributed by atoms with Gasteiger partial charge in [0.15, 0.2) is 0 Å². The Morgan fingerprint density at radius 1 is 1.26 bits per heavy atom. The van der Waals surface area contributed by atoms with Crippen LogP contribution in [0.15, 0.2) is 24.3 Å². The fourth-order valence-electron chi connectivity index (χ4n) is 5.90. The van der Waals surface area contributed by atoms with Gasteiger partial charge in [0.05, 0.1) is 13.0 Å². The number of phenolic OH excluding ortho intramolecular Hbond substituents is 1. The Kier molecular flexibility index (Phi) is 9.81. The van der Waals surface area contributed by atoms with Crippen molar-refractivity contribution in [3.8, 4) is 5.75 Å². The second kappa shape index (κ2) is 12.6. The van der Waals surface area contributed by atoms with Crippen LogP contribution in [0.5, 0.6) is 5.75 Å². The zero-order valence-electron chi connectivity index (χ0n) is 21.4. The van der Waals surface area contributed by atoms with Gasteiger partial charge in [-0.1, -0.05) is 45.2 Å². The molecule has 6 nitrogen and oxygen atoms in total. The summed E-state index contributed by atoms with van der Waals surface area (Å²) in [6, 6.07) is 7.71. The summed E-state index contributed by atoms with van der Waals surface area (Å²) in [4.78, 5) is 27.3. The van der Waals surface area contributed by atoms with Crippen molar-refractivity contribution in [2.75, 3.05) is 32.8 Å². The first-order valence-corrected chi connectivity index (χ1v) is 13.3. The van der Waals surface area contributed by atoms with E-state index in [1.807, 2.05) is 12.1 Å². The number of esters is 1. The molecule has 1 aromatic rings. The number of nitrogens with zero attached hydrogens (tertiary/aromatic N) is 1. The van der Waals surface area contributed by atoms with Gasteiger partial charge in [0.2, 0.25) is 5.91 Å². The highest BCUT2D eigenvalue weighted by molar-refractivity contribution is 5.79. The highest BCUT2D eigenvalue weighted by Crippen LogP contribution is 2.40. The maximum atomic E-state index is 13.1. The van der Waals surface area contributed by atoms with Crippen LogP contribution in [0.25, 0.3) is 0 Å². The number of hydrogen-bond donors (Lipinski definition) is 2. The standard InChI is InChI=1S/C28H44N2O4/c1-4-34-26(32)13-16-29-27(33)25(22-9-6-5-7-10-22)14-17-30-18-15-28(3,21(2)20-30)23-11-8-12-24(31)19-23/h8,11-12,19,21-22,25,31H,4-7,9-10,13-18,20H2,1-3H3,(H,29,33). The van der Waals surface area contributed by atoms with Gasteiger partial charge in [-0.2, -0.15) is 0 Å². The Hall–Kier alpha value is -2.08. The number of ether oxygens (including phenoxy) is 1. The summed E-state index contributed by atoms with van der Waals surface area (Å²) in [7, 11) is 0. The van der Waals surface area contributed by atoms with Crippen molar-refractivity contribution in [3.05, 3.63) is 29.8 Å². The van der Waals surface area contributed by atoms with Gasteiger partial charge < -0.3 is 20.1 Å². The van der Waals surface area contributed by atoms with E-state index < -0.39 is 0 Å². The number of rotatable bonds is 10. The van der Waals surface area contributed by atoms with E-state index in [1.165, 1.54) is 24.8 Å². The molecule has 190 valence electrons. The monoisotopic (exact) mass is 472 g/mol. The van der Waals surface area contributed by atoms with Crippen molar-refractivity contribution in [1.29, 1.82) is 0 Å². The molecule has 3 rings (SSSR count). The predicted octanol–water partition coefficient (Wildman–Crippen LogP) is 4.65. The maximum absolute atomic E-state index is 13.1. The normalized spacial score (nSPS) is 25.0. The molecule has 34 heavy (non-hydrogen) atoms. The number of aromatic hydroxyl groups is 1. The van der Waals surface area contributed by atoms with Crippen LogP contribution in [0.3, 0.4) is 0 Å². The second-order valence-electron chi connectivity index (χ2n) is 10.6. The van der Waals surface area contributed by atoms with E-state index in [4.69, 9.17) is 4.74 Å². The van der Waals surface area contributed by atoms with Crippen LogP contribution >= 0.6 is 0 Å². The van der Waals surface area contributed by atoms with Gasteiger partial charge in [0, 0.05) is 19.0 Å². The molecule has 0 radical (unpaired) electrons. The Labute approximate surface area is 205 Å². The Bertz CT molecular complexity index is 807. The smallest absolute Gasteiger partial charge is 0.307 e. The van der Waals surface area contributed by atoms with Crippen LogP contribution in [0.4, 0.5) is 0 Å². The van der Waals surface area contributed by atoms with Crippen molar-refractivity contribution in [2.24, 2.45) is 17.8 Å². The number of carbonyl (C=O) groups is 2. The molecule has 0 spiro atoms. The van der Waals surface area contributed by atoms with E-state index in [9.17, 15) is 14.7 Å². The first kappa shape index (κ1) is 26.5.